The number of hydrogen-bond donors (Lipinski definition) is 3. The molecular weight excluding hydrogens is 769 g/mol. The van der Waals surface area contributed by atoms with Crippen LogP contribution >= 0.6 is 7.82 Å². The Morgan fingerprint density at radius 1 is 0.525 bits per heavy atom. The van der Waals surface area contributed by atoms with Gasteiger partial charge < -0.3 is 25.2 Å². The van der Waals surface area contributed by atoms with E-state index in [9.17, 15) is 23.8 Å². The van der Waals surface area contributed by atoms with Crippen LogP contribution in [-0.4, -0.2) is 59.9 Å². The Morgan fingerprint density at radius 2 is 0.915 bits per heavy atom. The van der Waals surface area contributed by atoms with Crippen LogP contribution in [0, 0.1) is 0 Å². The van der Waals surface area contributed by atoms with Crippen LogP contribution < -0.4 is 5.73 Å². The minimum absolute atomic E-state index is 0.146. The summed E-state index contributed by atoms with van der Waals surface area (Å²) in [6.07, 6.45) is 46.4. The largest absolute Gasteiger partial charge is 0.480 e. The molecule has 0 bridgehead atoms. The standard InChI is InChI=1S/C47H86NO10P/c1-3-5-7-9-11-13-15-17-19-20-21-22-23-24-25-27-28-30-32-34-36-38-45(49)55-40-43(41-56-59(53,54)57-42-44(48)47(51)52)58-46(50)39-37-35-33-31-29-26-18-16-14-12-10-8-6-4-2/h10,12,16-19,43-44H,3-9,11,13-15,20-42,48H2,1-2H3,(H,51,52)(H,53,54)/b12-10+,18-16+,19-17+/t43-,44-/m0/s1. The third-order valence-corrected chi connectivity index (χ3v) is 11.1. The molecule has 0 saturated heterocycles. The summed E-state index contributed by atoms with van der Waals surface area (Å²) in [5, 5.41) is 8.90. The summed E-state index contributed by atoms with van der Waals surface area (Å²) in [6, 6.07) is -1.52. The molecular formula is C47H86NO10P. The van der Waals surface area contributed by atoms with Crippen molar-refractivity contribution in [3.8, 4) is 0 Å². The van der Waals surface area contributed by atoms with Gasteiger partial charge in [-0.1, -0.05) is 172 Å². The lowest BCUT2D eigenvalue weighted by atomic mass is 10.0. The topological polar surface area (TPSA) is 172 Å². The molecule has 3 atom stereocenters. The molecule has 1 unspecified atom stereocenters. The highest BCUT2D eigenvalue weighted by atomic mass is 31.2. The highest BCUT2D eigenvalue weighted by molar-refractivity contribution is 7.47. The molecule has 0 aromatic rings. The van der Waals surface area contributed by atoms with Gasteiger partial charge in [-0.05, 0) is 64.2 Å². The molecule has 0 aliphatic rings. The van der Waals surface area contributed by atoms with Gasteiger partial charge in [0, 0.05) is 12.8 Å². The van der Waals surface area contributed by atoms with Gasteiger partial charge in [-0.25, -0.2) is 4.57 Å². The first-order chi connectivity index (χ1) is 28.6. The zero-order chi connectivity index (χ0) is 43.5. The molecule has 0 radical (unpaired) electrons. The minimum atomic E-state index is -4.72. The number of carboxylic acid groups (broad SMARTS) is 1. The number of rotatable bonds is 44. The van der Waals surface area contributed by atoms with Crippen molar-refractivity contribution < 1.29 is 47.5 Å². The number of carboxylic acids is 1. The van der Waals surface area contributed by atoms with Crippen molar-refractivity contribution >= 4 is 25.7 Å². The number of hydrogen-bond acceptors (Lipinski definition) is 9. The van der Waals surface area contributed by atoms with E-state index in [0.29, 0.717) is 12.8 Å². The predicted octanol–water partition coefficient (Wildman–Crippen LogP) is 12.8. The number of phosphoric acid groups is 1. The van der Waals surface area contributed by atoms with Gasteiger partial charge in [0.25, 0.3) is 0 Å². The second kappa shape index (κ2) is 42.4. The minimum Gasteiger partial charge on any atom is -0.480 e. The van der Waals surface area contributed by atoms with Crippen LogP contribution in [0.3, 0.4) is 0 Å². The second-order valence-corrected chi connectivity index (χ2v) is 17.3. The molecule has 59 heavy (non-hydrogen) atoms. The lowest BCUT2D eigenvalue weighted by Crippen LogP contribution is -2.34. The van der Waals surface area contributed by atoms with Gasteiger partial charge in [-0.2, -0.15) is 0 Å². The predicted molar refractivity (Wildman–Crippen MR) is 240 cm³/mol. The van der Waals surface area contributed by atoms with Crippen LogP contribution in [-0.2, 0) is 37.5 Å². The summed E-state index contributed by atoms with van der Waals surface area (Å²) in [5.74, 6) is -2.39. The van der Waals surface area contributed by atoms with Gasteiger partial charge in [0.15, 0.2) is 6.10 Å². The van der Waals surface area contributed by atoms with Crippen molar-refractivity contribution in [2.75, 3.05) is 19.8 Å². The van der Waals surface area contributed by atoms with Crippen LogP contribution in [0.2, 0.25) is 0 Å². The highest BCUT2D eigenvalue weighted by Crippen LogP contribution is 2.43. The Bertz CT molecular complexity index is 1140. The average Bonchev–Trinajstić information content (AvgIpc) is 3.21. The summed E-state index contributed by atoms with van der Waals surface area (Å²) in [7, 11) is -4.72. The number of phosphoric ester groups is 1. The van der Waals surface area contributed by atoms with E-state index in [1.807, 2.05) is 0 Å². The number of nitrogens with two attached hydrogens (primary N) is 1. The fourth-order valence-electron chi connectivity index (χ4n) is 6.37. The third kappa shape index (κ3) is 42.2. The van der Waals surface area contributed by atoms with Crippen LogP contribution in [0.5, 0.6) is 0 Å². The molecule has 0 rings (SSSR count). The Kier molecular flexibility index (Phi) is 40.7. The van der Waals surface area contributed by atoms with E-state index in [-0.39, 0.29) is 19.4 Å². The summed E-state index contributed by atoms with van der Waals surface area (Å²) < 4.78 is 32.7. The summed E-state index contributed by atoms with van der Waals surface area (Å²) in [5.41, 5.74) is 5.34. The van der Waals surface area contributed by atoms with Crippen molar-refractivity contribution in [1.82, 2.24) is 0 Å². The molecule has 0 saturated carbocycles. The maximum Gasteiger partial charge on any atom is 0.472 e. The Morgan fingerprint density at radius 3 is 1.39 bits per heavy atom. The van der Waals surface area contributed by atoms with Crippen LogP contribution in [0.15, 0.2) is 36.5 Å². The van der Waals surface area contributed by atoms with E-state index in [1.54, 1.807) is 0 Å². The SMILES string of the molecule is CCCC/C=C/C/C=C/CCCCCCCC(=O)O[C@@H](COC(=O)CCCCCCCCCCCCC/C=C/CCCCCCCC)COP(=O)(O)OC[C@H](N)C(=O)O. The van der Waals surface area contributed by atoms with Crippen molar-refractivity contribution in [3.63, 3.8) is 0 Å². The highest BCUT2D eigenvalue weighted by Gasteiger charge is 2.28. The summed E-state index contributed by atoms with van der Waals surface area (Å²) in [4.78, 5) is 46.0. The van der Waals surface area contributed by atoms with E-state index < -0.39 is 51.1 Å². The quantitative estimate of drug-likeness (QED) is 0.0230. The molecule has 12 heteroatoms. The maximum atomic E-state index is 12.6. The number of carbonyl (C=O) groups excluding carboxylic acids is 2. The maximum absolute atomic E-state index is 12.6. The summed E-state index contributed by atoms with van der Waals surface area (Å²) in [6.45, 7) is 2.76. The lowest BCUT2D eigenvalue weighted by molar-refractivity contribution is -0.161. The van der Waals surface area contributed by atoms with Crippen molar-refractivity contribution in [1.29, 1.82) is 0 Å². The van der Waals surface area contributed by atoms with Crippen molar-refractivity contribution in [3.05, 3.63) is 36.5 Å². The van der Waals surface area contributed by atoms with Gasteiger partial charge >= 0.3 is 25.7 Å². The molecule has 0 aromatic heterocycles. The van der Waals surface area contributed by atoms with E-state index in [4.69, 9.17) is 24.8 Å². The third-order valence-electron chi connectivity index (χ3n) is 10.1. The van der Waals surface area contributed by atoms with E-state index in [0.717, 1.165) is 64.2 Å². The van der Waals surface area contributed by atoms with Gasteiger partial charge in [0.2, 0.25) is 0 Å². The molecule has 11 nitrogen and oxygen atoms in total. The molecule has 344 valence electrons. The second-order valence-electron chi connectivity index (χ2n) is 15.9. The first kappa shape index (κ1) is 56.7. The number of carbonyl (C=O) groups is 3. The number of allylic oxidation sites excluding steroid dienone is 6. The van der Waals surface area contributed by atoms with Gasteiger partial charge in [-0.15, -0.1) is 0 Å². The molecule has 0 amide bonds. The number of unbranched alkanes of at least 4 members (excludes halogenated alkanes) is 24. The molecule has 4 N–H and O–H groups in total. The Balaban J connectivity index is 4.27. The van der Waals surface area contributed by atoms with Gasteiger partial charge in [0.05, 0.1) is 13.2 Å². The molecule has 0 aliphatic carbocycles. The first-order valence-electron chi connectivity index (χ1n) is 23.5. The van der Waals surface area contributed by atoms with Gasteiger partial charge in [0.1, 0.15) is 12.6 Å². The normalized spacial score (nSPS) is 14.0. The first-order valence-corrected chi connectivity index (χ1v) is 25.0. The van der Waals surface area contributed by atoms with Gasteiger partial charge in [-0.3, -0.25) is 23.4 Å². The van der Waals surface area contributed by atoms with Crippen molar-refractivity contribution in [2.24, 2.45) is 5.73 Å². The van der Waals surface area contributed by atoms with Crippen molar-refractivity contribution in [2.45, 2.75) is 225 Å². The Labute approximate surface area is 359 Å². The molecule has 0 fully saturated rings. The van der Waals surface area contributed by atoms with Crippen LogP contribution in [0.25, 0.3) is 0 Å². The fourth-order valence-corrected chi connectivity index (χ4v) is 7.15. The van der Waals surface area contributed by atoms with Crippen LogP contribution in [0.4, 0.5) is 0 Å². The number of aliphatic carboxylic acids is 1. The lowest BCUT2D eigenvalue weighted by Gasteiger charge is -2.20. The molecule has 0 aliphatic heterocycles. The molecule has 0 heterocycles. The average molecular weight is 856 g/mol. The van der Waals surface area contributed by atoms with E-state index in [2.05, 4.69) is 54.8 Å². The Hall–Kier alpha value is -2.30. The molecule has 0 spiro atoms. The van der Waals surface area contributed by atoms with E-state index >= 15 is 0 Å². The zero-order valence-corrected chi connectivity index (χ0v) is 38.2. The number of ether oxygens (including phenoxy) is 2. The fraction of sp³-hybridized carbons (Fsp3) is 0.809. The van der Waals surface area contributed by atoms with Crippen LogP contribution in [0.1, 0.15) is 213 Å². The van der Waals surface area contributed by atoms with E-state index in [1.165, 1.54) is 109 Å². The number of esters is 2. The molecule has 0 aromatic carbocycles. The zero-order valence-electron chi connectivity index (χ0n) is 37.3. The summed E-state index contributed by atoms with van der Waals surface area (Å²) >= 11 is 0. The smallest absolute Gasteiger partial charge is 0.472 e. The monoisotopic (exact) mass is 856 g/mol.